The summed E-state index contributed by atoms with van der Waals surface area (Å²) in [7, 11) is 0. The van der Waals surface area contributed by atoms with Gasteiger partial charge < -0.3 is 29.7 Å². The summed E-state index contributed by atoms with van der Waals surface area (Å²) < 4.78 is 90.3. The van der Waals surface area contributed by atoms with Crippen LogP contribution in [0.5, 0.6) is 17.2 Å². The molecule has 0 spiro atoms. The van der Waals surface area contributed by atoms with E-state index in [0.717, 1.165) is 44.6 Å². The number of benzene rings is 2. The number of hydrogen-bond donors (Lipinski definition) is 2. The molecule has 7 nitrogen and oxygen atoms in total. The van der Waals surface area contributed by atoms with Crippen LogP contribution in [-0.2, 0) is 0 Å². The van der Waals surface area contributed by atoms with E-state index >= 15 is 0 Å². The molecule has 2 fully saturated rings. The van der Waals surface area contributed by atoms with E-state index in [-0.39, 0.29) is 46.5 Å². The monoisotopic (exact) mass is 647 g/mol. The molecule has 0 bridgehead atoms. The molecule has 14 heteroatoms. The number of hydrogen-bond acceptors (Lipinski definition) is 6. The zero-order valence-corrected chi connectivity index (χ0v) is 24.8. The van der Waals surface area contributed by atoms with E-state index in [9.17, 15) is 31.1 Å². The number of nitrogens with one attached hydrogen (secondary N) is 2. The van der Waals surface area contributed by atoms with Gasteiger partial charge in [-0.3, -0.25) is 4.79 Å². The molecule has 2 aromatic carbocycles. The van der Waals surface area contributed by atoms with E-state index in [1.54, 1.807) is 6.07 Å². The lowest BCUT2D eigenvalue weighted by atomic mass is 9.93. The highest BCUT2D eigenvalue weighted by Crippen LogP contribution is 2.33. The zero-order valence-electron chi connectivity index (χ0n) is 23.9. The number of alkyl halides is 6. The van der Waals surface area contributed by atoms with Gasteiger partial charge in [-0.2, -0.15) is 0 Å². The van der Waals surface area contributed by atoms with Crippen molar-refractivity contribution in [3.63, 3.8) is 0 Å². The SMILES string of the molecule is O=C(CCCN1CCCCC1)c1cc(OC(F)(F)F)ccc1OC1CCC(NC(=S)Nc2cccc(OC(F)(F)F)c2)CC1. The first-order valence-electron chi connectivity index (χ1n) is 14.6. The van der Waals surface area contributed by atoms with E-state index in [1.807, 2.05) is 0 Å². The van der Waals surface area contributed by atoms with Crippen molar-refractivity contribution in [1.82, 2.24) is 10.2 Å². The number of rotatable bonds is 11. The molecule has 2 aromatic rings. The minimum absolute atomic E-state index is 0.0390. The van der Waals surface area contributed by atoms with Crippen molar-refractivity contribution in [3.8, 4) is 17.2 Å². The maximum Gasteiger partial charge on any atom is 0.573 e. The molecule has 2 N–H and O–H groups in total. The Hall–Kier alpha value is -3.26. The lowest BCUT2D eigenvalue weighted by Gasteiger charge is -2.31. The summed E-state index contributed by atoms with van der Waals surface area (Å²) in [4.78, 5) is 15.4. The lowest BCUT2D eigenvalue weighted by molar-refractivity contribution is -0.275. The minimum atomic E-state index is -4.89. The van der Waals surface area contributed by atoms with Crippen LogP contribution in [0, 0.1) is 0 Å². The number of piperidine rings is 1. The molecular formula is C30H35F6N3O4S. The second-order valence-electron chi connectivity index (χ2n) is 10.9. The fourth-order valence-electron chi connectivity index (χ4n) is 5.44. The number of carbonyl (C=O) groups excluding carboxylic acids is 1. The Morgan fingerprint density at radius 1 is 0.886 bits per heavy atom. The molecule has 0 radical (unpaired) electrons. The van der Waals surface area contributed by atoms with Crippen molar-refractivity contribution in [2.45, 2.75) is 82.7 Å². The number of ether oxygens (including phenoxy) is 3. The number of nitrogens with zero attached hydrogens (tertiary/aromatic N) is 1. The molecule has 0 unspecified atom stereocenters. The molecule has 1 heterocycles. The van der Waals surface area contributed by atoms with E-state index in [4.69, 9.17) is 17.0 Å². The molecule has 0 aromatic heterocycles. The lowest BCUT2D eigenvalue weighted by Crippen LogP contribution is -2.41. The summed E-state index contributed by atoms with van der Waals surface area (Å²) >= 11 is 5.33. The van der Waals surface area contributed by atoms with Gasteiger partial charge in [0.15, 0.2) is 10.9 Å². The Morgan fingerprint density at radius 3 is 2.20 bits per heavy atom. The van der Waals surface area contributed by atoms with Gasteiger partial charge in [0.1, 0.15) is 17.2 Å². The molecule has 242 valence electrons. The zero-order chi connectivity index (χ0) is 31.7. The van der Waals surface area contributed by atoms with Crippen LogP contribution >= 0.6 is 12.2 Å². The molecule has 0 amide bonds. The van der Waals surface area contributed by atoms with Crippen LogP contribution in [0.1, 0.15) is 68.1 Å². The standard InChI is InChI=1S/C30H35F6N3O4S/c31-29(32,33)42-23-7-4-6-21(18-23)38-28(44)37-20-9-11-22(12-10-20)41-27-14-13-24(43-30(34,35)36)19-25(27)26(40)8-5-17-39-15-2-1-3-16-39/h4,6-7,13-14,18-20,22H,1-3,5,8-12,15-17H2,(H2,37,38,44). The van der Waals surface area contributed by atoms with Gasteiger partial charge in [0.05, 0.1) is 11.7 Å². The molecule has 2 aliphatic rings. The number of Topliss-reactive ketones (excluding diaryl/α,β-unsaturated/α-hetero) is 1. The second kappa shape index (κ2) is 15.2. The normalized spacial score (nSPS) is 19.6. The number of carbonyl (C=O) groups is 1. The van der Waals surface area contributed by atoms with Crippen LogP contribution in [0.3, 0.4) is 0 Å². The topological polar surface area (TPSA) is 72.1 Å². The Labute approximate surface area is 257 Å². The first-order chi connectivity index (χ1) is 20.8. The summed E-state index contributed by atoms with van der Waals surface area (Å²) in [5.74, 6) is -0.937. The Balaban J connectivity index is 1.30. The molecule has 44 heavy (non-hydrogen) atoms. The van der Waals surface area contributed by atoms with Gasteiger partial charge in [-0.1, -0.05) is 12.5 Å². The van der Waals surface area contributed by atoms with Crippen molar-refractivity contribution in [1.29, 1.82) is 0 Å². The first-order valence-corrected chi connectivity index (χ1v) is 15.0. The summed E-state index contributed by atoms with van der Waals surface area (Å²) in [5.41, 5.74) is 0.389. The van der Waals surface area contributed by atoms with Crippen LogP contribution in [0.4, 0.5) is 32.0 Å². The van der Waals surface area contributed by atoms with E-state index in [1.165, 1.54) is 30.7 Å². The highest BCUT2D eigenvalue weighted by molar-refractivity contribution is 7.80. The van der Waals surface area contributed by atoms with Crippen molar-refractivity contribution in [3.05, 3.63) is 48.0 Å². The molecule has 4 rings (SSSR count). The van der Waals surface area contributed by atoms with Gasteiger partial charge in [-0.05, 0) is 107 Å². The smallest absolute Gasteiger partial charge is 0.490 e. The summed E-state index contributed by atoms with van der Waals surface area (Å²) in [6.45, 7) is 2.72. The average Bonchev–Trinajstić information content (AvgIpc) is 2.94. The number of ketones is 1. The third-order valence-electron chi connectivity index (χ3n) is 7.44. The van der Waals surface area contributed by atoms with Crippen LogP contribution in [0.2, 0.25) is 0 Å². The largest absolute Gasteiger partial charge is 0.573 e. The highest BCUT2D eigenvalue weighted by atomic mass is 32.1. The summed E-state index contributed by atoms with van der Waals surface area (Å²) in [5, 5.41) is 6.24. The average molecular weight is 648 g/mol. The minimum Gasteiger partial charge on any atom is -0.490 e. The summed E-state index contributed by atoms with van der Waals surface area (Å²) in [6.07, 6.45) is -3.33. The van der Waals surface area contributed by atoms with Crippen molar-refractivity contribution in [2.24, 2.45) is 0 Å². The van der Waals surface area contributed by atoms with Gasteiger partial charge in [0.25, 0.3) is 0 Å². The third-order valence-corrected chi connectivity index (χ3v) is 7.66. The van der Waals surface area contributed by atoms with Gasteiger partial charge >= 0.3 is 12.7 Å². The number of thiocarbonyl (C=S) groups is 1. The van der Waals surface area contributed by atoms with Gasteiger partial charge in [-0.25, -0.2) is 0 Å². The molecular weight excluding hydrogens is 612 g/mol. The van der Waals surface area contributed by atoms with E-state index < -0.39 is 18.5 Å². The van der Waals surface area contributed by atoms with E-state index in [2.05, 4.69) is 25.0 Å². The molecule has 1 aliphatic carbocycles. The van der Waals surface area contributed by atoms with Crippen LogP contribution in [0.25, 0.3) is 0 Å². The maximum absolute atomic E-state index is 13.1. The molecule has 0 atom stereocenters. The first kappa shape index (κ1) is 33.6. The molecule has 1 aliphatic heterocycles. The Bertz CT molecular complexity index is 1260. The fourth-order valence-corrected chi connectivity index (χ4v) is 5.72. The van der Waals surface area contributed by atoms with Crippen molar-refractivity contribution >= 4 is 28.8 Å². The highest BCUT2D eigenvalue weighted by Gasteiger charge is 2.33. The fraction of sp³-hybridized carbons (Fsp3) is 0.533. The Morgan fingerprint density at radius 2 is 1.55 bits per heavy atom. The summed E-state index contributed by atoms with van der Waals surface area (Å²) in [6, 6.07) is 8.87. The number of likely N-dealkylation sites (tertiary alicyclic amines) is 1. The predicted octanol–water partition coefficient (Wildman–Crippen LogP) is 7.61. The van der Waals surface area contributed by atoms with E-state index in [0.29, 0.717) is 37.8 Å². The van der Waals surface area contributed by atoms with Crippen LogP contribution in [0.15, 0.2) is 42.5 Å². The van der Waals surface area contributed by atoms with Gasteiger partial charge in [0, 0.05) is 24.2 Å². The van der Waals surface area contributed by atoms with Crippen LogP contribution < -0.4 is 24.8 Å². The molecule has 1 saturated carbocycles. The molecule has 1 saturated heterocycles. The van der Waals surface area contributed by atoms with Crippen molar-refractivity contribution < 1.29 is 45.3 Å². The van der Waals surface area contributed by atoms with Gasteiger partial charge in [-0.15, -0.1) is 26.3 Å². The predicted molar refractivity (Wildman–Crippen MR) is 156 cm³/mol. The maximum atomic E-state index is 13.1. The number of anilines is 1. The van der Waals surface area contributed by atoms with Crippen LogP contribution in [-0.4, -0.2) is 60.3 Å². The van der Waals surface area contributed by atoms with Gasteiger partial charge in [0.2, 0.25) is 0 Å². The Kier molecular flexibility index (Phi) is 11.6. The quantitative estimate of drug-likeness (QED) is 0.147. The second-order valence-corrected chi connectivity index (χ2v) is 11.3. The third kappa shape index (κ3) is 11.3. The number of halogens is 6. The van der Waals surface area contributed by atoms with Crippen molar-refractivity contribution in [2.75, 3.05) is 25.0 Å².